The summed E-state index contributed by atoms with van der Waals surface area (Å²) in [6.45, 7) is 5.83. The number of hydrogen-bond donors (Lipinski definition) is 0. The third-order valence-electron chi connectivity index (χ3n) is 2.75. The van der Waals surface area contributed by atoms with Crippen LogP contribution in [-0.4, -0.2) is 29.4 Å². The van der Waals surface area contributed by atoms with Gasteiger partial charge in [0.1, 0.15) is 5.60 Å². The molecule has 0 unspecified atom stereocenters. The van der Waals surface area contributed by atoms with Crippen molar-refractivity contribution in [2.75, 3.05) is 7.05 Å². The molecule has 21 heavy (non-hydrogen) atoms. The van der Waals surface area contributed by atoms with Crippen molar-refractivity contribution in [3.8, 4) is 0 Å². The fourth-order valence-corrected chi connectivity index (χ4v) is 1.96. The van der Waals surface area contributed by atoms with E-state index in [-0.39, 0.29) is 24.7 Å². The summed E-state index contributed by atoms with van der Waals surface area (Å²) in [5, 5.41) is 0.629. The van der Waals surface area contributed by atoms with Crippen LogP contribution in [0.5, 0.6) is 0 Å². The Morgan fingerprint density at radius 1 is 1.19 bits per heavy atom. The number of benzene rings is 1. The van der Waals surface area contributed by atoms with Gasteiger partial charge in [-0.25, -0.2) is 0 Å². The quantitative estimate of drug-likeness (QED) is 0.783. The molecule has 0 fully saturated rings. The number of halogens is 1. The molecule has 0 aliphatic heterocycles. The van der Waals surface area contributed by atoms with E-state index in [1.165, 1.54) is 0 Å². The lowest BCUT2D eigenvalue weighted by Crippen LogP contribution is -2.28. The molecule has 1 rings (SSSR count). The van der Waals surface area contributed by atoms with Gasteiger partial charge in [-0.3, -0.25) is 9.59 Å². The number of hydrogen-bond acceptors (Lipinski definition) is 3. The third-order valence-corrected chi connectivity index (χ3v) is 3.12. The predicted octanol–water partition coefficient (Wildman–Crippen LogP) is 3.42. The van der Waals surface area contributed by atoms with Gasteiger partial charge < -0.3 is 9.64 Å². The van der Waals surface area contributed by atoms with Crippen LogP contribution in [0.1, 0.15) is 39.2 Å². The molecule has 4 nitrogen and oxygen atoms in total. The van der Waals surface area contributed by atoms with Gasteiger partial charge in [0.25, 0.3) is 0 Å². The average molecular weight is 312 g/mol. The van der Waals surface area contributed by atoms with Crippen molar-refractivity contribution in [2.24, 2.45) is 0 Å². The van der Waals surface area contributed by atoms with Crippen LogP contribution in [0.15, 0.2) is 24.3 Å². The van der Waals surface area contributed by atoms with E-state index in [1.54, 1.807) is 38.8 Å². The van der Waals surface area contributed by atoms with Gasteiger partial charge in [0.2, 0.25) is 5.91 Å². The maximum atomic E-state index is 12.0. The second kappa shape index (κ2) is 7.46. The molecule has 0 radical (unpaired) electrons. The smallest absolute Gasteiger partial charge is 0.306 e. The van der Waals surface area contributed by atoms with Gasteiger partial charge in [0.05, 0.1) is 6.42 Å². The van der Waals surface area contributed by atoms with E-state index in [0.717, 1.165) is 5.56 Å². The molecule has 0 aliphatic carbocycles. The molecule has 0 saturated heterocycles. The molecular formula is C16H22ClNO3. The molecule has 0 aliphatic rings. The van der Waals surface area contributed by atoms with Crippen LogP contribution in [0.4, 0.5) is 0 Å². The summed E-state index contributed by atoms with van der Waals surface area (Å²) in [7, 11) is 1.70. The number of carbonyl (C=O) groups is 2. The van der Waals surface area contributed by atoms with E-state index in [1.807, 2.05) is 18.2 Å². The Morgan fingerprint density at radius 2 is 1.81 bits per heavy atom. The number of carbonyl (C=O) groups excluding carboxylic acids is 2. The van der Waals surface area contributed by atoms with Crippen molar-refractivity contribution in [3.63, 3.8) is 0 Å². The lowest BCUT2D eigenvalue weighted by atomic mass is 10.2. The summed E-state index contributed by atoms with van der Waals surface area (Å²) in [5.74, 6) is -0.470. The maximum Gasteiger partial charge on any atom is 0.306 e. The third kappa shape index (κ3) is 6.63. The number of esters is 1. The highest BCUT2D eigenvalue weighted by atomic mass is 35.5. The number of amides is 1. The summed E-state index contributed by atoms with van der Waals surface area (Å²) in [4.78, 5) is 25.1. The molecule has 0 atom stereocenters. The summed E-state index contributed by atoms with van der Waals surface area (Å²) >= 11 is 6.06. The molecule has 0 aromatic heterocycles. The Hall–Kier alpha value is -1.55. The van der Waals surface area contributed by atoms with Gasteiger partial charge in [-0.2, -0.15) is 0 Å². The van der Waals surface area contributed by atoms with Crippen LogP contribution in [0.25, 0.3) is 0 Å². The predicted molar refractivity (Wildman–Crippen MR) is 83.0 cm³/mol. The van der Waals surface area contributed by atoms with E-state index in [4.69, 9.17) is 16.3 Å². The Bertz CT molecular complexity index is 508. The van der Waals surface area contributed by atoms with Crippen molar-refractivity contribution in [1.29, 1.82) is 0 Å². The van der Waals surface area contributed by atoms with Crippen LogP contribution in [0, 0.1) is 0 Å². The minimum absolute atomic E-state index is 0.0863. The summed E-state index contributed by atoms with van der Waals surface area (Å²) in [5.41, 5.74) is 0.358. The van der Waals surface area contributed by atoms with Crippen molar-refractivity contribution >= 4 is 23.5 Å². The van der Waals surface area contributed by atoms with Crippen LogP contribution in [0.3, 0.4) is 0 Å². The van der Waals surface area contributed by atoms with E-state index < -0.39 is 5.60 Å². The highest BCUT2D eigenvalue weighted by Gasteiger charge is 2.18. The molecule has 5 heteroatoms. The molecule has 116 valence electrons. The topological polar surface area (TPSA) is 46.6 Å². The highest BCUT2D eigenvalue weighted by Crippen LogP contribution is 2.17. The minimum Gasteiger partial charge on any atom is -0.460 e. The van der Waals surface area contributed by atoms with Crippen molar-refractivity contribution in [2.45, 2.75) is 45.8 Å². The van der Waals surface area contributed by atoms with Gasteiger partial charge in [0.15, 0.2) is 0 Å². The van der Waals surface area contributed by atoms with Crippen LogP contribution >= 0.6 is 11.6 Å². The van der Waals surface area contributed by atoms with Gasteiger partial charge in [-0.1, -0.05) is 29.8 Å². The molecule has 1 amide bonds. The first-order valence-electron chi connectivity index (χ1n) is 6.88. The lowest BCUT2D eigenvalue weighted by Gasteiger charge is -2.20. The van der Waals surface area contributed by atoms with Gasteiger partial charge in [-0.15, -0.1) is 0 Å². The molecule has 0 saturated carbocycles. The van der Waals surface area contributed by atoms with Gasteiger partial charge in [-0.05, 0) is 32.4 Å². The van der Waals surface area contributed by atoms with Crippen LogP contribution < -0.4 is 0 Å². The van der Waals surface area contributed by atoms with Crippen LogP contribution in [0.2, 0.25) is 5.02 Å². The molecule has 0 heterocycles. The monoisotopic (exact) mass is 311 g/mol. The normalized spacial score (nSPS) is 11.1. The Morgan fingerprint density at radius 3 is 2.38 bits per heavy atom. The number of nitrogens with zero attached hydrogens (tertiary/aromatic N) is 1. The fraction of sp³-hybridized carbons (Fsp3) is 0.500. The Kier molecular flexibility index (Phi) is 6.21. The fourth-order valence-electron chi connectivity index (χ4n) is 1.76. The highest BCUT2D eigenvalue weighted by molar-refractivity contribution is 6.31. The zero-order chi connectivity index (χ0) is 16.0. The second-order valence-corrected chi connectivity index (χ2v) is 6.33. The first kappa shape index (κ1) is 17.5. The standard InChI is InChI=1S/C16H22ClNO3/c1-16(2,3)21-15(20)10-9-14(19)18(4)11-12-7-5-6-8-13(12)17/h5-8H,9-11H2,1-4H3. The average Bonchev–Trinajstić information content (AvgIpc) is 2.36. The minimum atomic E-state index is -0.524. The zero-order valence-corrected chi connectivity index (χ0v) is 13.7. The second-order valence-electron chi connectivity index (χ2n) is 5.93. The summed E-state index contributed by atoms with van der Waals surface area (Å²) in [6.07, 6.45) is 0.221. The van der Waals surface area contributed by atoms with E-state index in [0.29, 0.717) is 11.6 Å². The maximum absolute atomic E-state index is 12.0. The van der Waals surface area contributed by atoms with E-state index in [2.05, 4.69) is 0 Å². The van der Waals surface area contributed by atoms with Gasteiger partial charge in [0, 0.05) is 25.0 Å². The largest absolute Gasteiger partial charge is 0.460 e. The molecule has 1 aromatic carbocycles. The van der Waals surface area contributed by atoms with Crippen molar-refractivity contribution < 1.29 is 14.3 Å². The summed E-state index contributed by atoms with van der Waals surface area (Å²) < 4.78 is 5.17. The Labute approximate surface area is 131 Å². The summed E-state index contributed by atoms with van der Waals surface area (Å²) in [6, 6.07) is 7.38. The zero-order valence-electron chi connectivity index (χ0n) is 13.0. The van der Waals surface area contributed by atoms with Crippen molar-refractivity contribution in [3.05, 3.63) is 34.9 Å². The number of ether oxygens (including phenoxy) is 1. The van der Waals surface area contributed by atoms with E-state index in [9.17, 15) is 9.59 Å². The Balaban J connectivity index is 2.45. The molecule has 0 N–H and O–H groups in total. The first-order valence-corrected chi connectivity index (χ1v) is 7.26. The molecule has 0 spiro atoms. The van der Waals surface area contributed by atoms with Crippen LogP contribution in [-0.2, 0) is 20.9 Å². The molecule has 1 aromatic rings. The van der Waals surface area contributed by atoms with E-state index >= 15 is 0 Å². The number of rotatable bonds is 5. The van der Waals surface area contributed by atoms with Crippen molar-refractivity contribution in [1.82, 2.24) is 4.90 Å². The molecular weight excluding hydrogens is 290 g/mol. The first-order chi connectivity index (χ1) is 9.69. The SMILES string of the molecule is CN(Cc1ccccc1Cl)C(=O)CCC(=O)OC(C)(C)C. The lowest BCUT2D eigenvalue weighted by molar-refractivity contribution is -0.156. The molecule has 0 bridgehead atoms. The van der Waals surface area contributed by atoms with Gasteiger partial charge >= 0.3 is 5.97 Å².